The van der Waals surface area contributed by atoms with Crippen LogP contribution in [-0.4, -0.2) is 18.8 Å². The summed E-state index contributed by atoms with van der Waals surface area (Å²) in [5.74, 6) is 1.87. The van der Waals surface area contributed by atoms with Gasteiger partial charge in [0.05, 0.1) is 0 Å². The van der Waals surface area contributed by atoms with Gasteiger partial charge in [-0.15, -0.1) is 0 Å². The molecule has 0 fully saturated rings. The fraction of sp³-hybridized carbons (Fsp3) is 1.00. The van der Waals surface area contributed by atoms with Crippen LogP contribution in [0.1, 0.15) is 52.4 Å². The van der Waals surface area contributed by atoms with E-state index >= 15 is 0 Å². The van der Waals surface area contributed by atoms with E-state index in [9.17, 15) is 0 Å². The molecule has 0 aromatic carbocycles. The SMILES string of the molecule is CCCCCC(C)CCCNCCS. The van der Waals surface area contributed by atoms with E-state index in [0.717, 1.165) is 18.2 Å². The minimum Gasteiger partial charge on any atom is -0.316 e. The third kappa shape index (κ3) is 10.4. The van der Waals surface area contributed by atoms with Gasteiger partial charge in [-0.05, 0) is 25.3 Å². The molecule has 86 valence electrons. The summed E-state index contributed by atoms with van der Waals surface area (Å²) < 4.78 is 0. The van der Waals surface area contributed by atoms with Gasteiger partial charge in [-0.2, -0.15) is 12.6 Å². The van der Waals surface area contributed by atoms with Crippen LogP contribution in [0.3, 0.4) is 0 Å². The van der Waals surface area contributed by atoms with Crippen molar-refractivity contribution in [1.82, 2.24) is 5.32 Å². The van der Waals surface area contributed by atoms with Gasteiger partial charge < -0.3 is 5.32 Å². The summed E-state index contributed by atoms with van der Waals surface area (Å²) >= 11 is 4.16. The predicted octanol–water partition coefficient (Wildman–Crippen LogP) is 3.50. The van der Waals surface area contributed by atoms with Crippen LogP contribution in [0.15, 0.2) is 0 Å². The Balaban J connectivity index is 3.06. The van der Waals surface area contributed by atoms with E-state index in [1.54, 1.807) is 0 Å². The predicted molar refractivity (Wildman–Crippen MR) is 69.3 cm³/mol. The lowest BCUT2D eigenvalue weighted by Gasteiger charge is -2.10. The minimum atomic E-state index is 0.916. The molecule has 0 amide bonds. The molecule has 0 aliphatic heterocycles. The maximum Gasteiger partial charge on any atom is 0.00397 e. The van der Waals surface area contributed by atoms with Crippen LogP contribution in [0.5, 0.6) is 0 Å². The molecule has 0 saturated carbocycles. The first-order chi connectivity index (χ1) is 6.81. The normalized spacial score (nSPS) is 13.1. The van der Waals surface area contributed by atoms with Crippen molar-refractivity contribution in [3.63, 3.8) is 0 Å². The summed E-state index contributed by atoms with van der Waals surface area (Å²) in [6.07, 6.45) is 8.28. The van der Waals surface area contributed by atoms with Crippen LogP contribution in [-0.2, 0) is 0 Å². The molecule has 1 atom stereocenters. The Labute approximate surface area is 95.5 Å². The Bertz CT molecular complexity index is 106. The summed E-state index contributed by atoms with van der Waals surface area (Å²) in [6, 6.07) is 0. The summed E-state index contributed by atoms with van der Waals surface area (Å²) in [7, 11) is 0. The number of nitrogens with one attached hydrogen (secondary N) is 1. The Morgan fingerprint density at radius 2 is 1.79 bits per heavy atom. The lowest BCUT2D eigenvalue weighted by Crippen LogP contribution is -2.18. The highest BCUT2D eigenvalue weighted by Gasteiger charge is 2.00. The second-order valence-corrected chi connectivity index (χ2v) is 4.66. The average molecular weight is 217 g/mol. The van der Waals surface area contributed by atoms with Crippen LogP contribution >= 0.6 is 12.6 Å². The number of hydrogen-bond acceptors (Lipinski definition) is 2. The van der Waals surface area contributed by atoms with Crippen molar-refractivity contribution in [3.05, 3.63) is 0 Å². The Kier molecular flexibility index (Phi) is 11.6. The van der Waals surface area contributed by atoms with Crippen LogP contribution in [0.4, 0.5) is 0 Å². The molecular weight excluding hydrogens is 190 g/mol. The van der Waals surface area contributed by atoms with Gasteiger partial charge in [-0.25, -0.2) is 0 Å². The van der Waals surface area contributed by atoms with Crippen LogP contribution in [0, 0.1) is 5.92 Å². The molecule has 0 saturated heterocycles. The smallest absolute Gasteiger partial charge is 0.00397 e. The second-order valence-electron chi connectivity index (χ2n) is 4.22. The molecule has 0 heterocycles. The highest BCUT2D eigenvalue weighted by Crippen LogP contribution is 2.14. The first kappa shape index (κ1) is 14.3. The van der Waals surface area contributed by atoms with E-state index in [4.69, 9.17) is 0 Å². The second kappa shape index (κ2) is 11.4. The molecular formula is C12H27NS. The first-order valence-corrected chi connectivity index (χ1v) is 6.76. The van der Waals surface area contributed by atoms with E-state index in [1.165, 1.54) is 45.1 Å². The van der Waals surface area contributed by atoms with Crippen molar-refractivity contribution in [1.29, 1.82) is 0 Å². The van der Waals surface area contributed by atoms with Crippen molar-refractivity contribution in [2.75, 3.05) is 18.8 Å². The van der Waals surface area contributed by atoms with Crippen molar-refractivity contribution < 1.29 is 0 Å². The maximum atomic E-state index is 4.16. The number of hydrogen-bond donors (Lipinski definition) is 2. The van der Waals surface area contributed by atoms with E-state index in [1.807, 2.05) is 0 Å². The zero-order valence-corrected chi connectivity index (χ0v) is 10.8. The molecule has 2 heteroatoms. The van der Waals surface area contributed by atoms with Crippen molar-refractivity contribution in [2.24, 2.45) is 5.92 Å². The van der Waals surface area contributed by atoms with Crippen LogP contribution < -0.4 is 5.32 Å². The van der Waals surface area contributed by atoms with Gasteiger partial charge in [0.15, 0.2) is 0 Å². The number of unbranched alkanes of at least 4 members (excludes halogenated alkanes) is 2. The van der Waals surface area contributed by atoms with Crippen molar-refractivity contribution in [2.45, 2.75) is 52.4 Å². The van der Waals surface area contributed by atoms with E-state index in [2.05, 4.69) is 31.8 Å². The van der Waals surface area contributed by atoms with Gasteiger partial charge >= 0.3 is 0 Å². The molecule has 0 aliphatic rings. The lowest BCUT2D eigenvalue weighted by molar-refractivity contribution is 0.444. The number of rotatable bonds is 10. The standard InChI is InChI=1S/C12H27NS/c1-3-4-5-7-12(2)8-6-9-13-10-11-14/h12-14H,3-11H2,1-2H3. The van der Waals surface area contributed by atoms with E-state index < -0.39 is 0 Å². The molecule has 1 N–H and O–H groups in total. The molecule has 0 spiro atoms. The molecule has 0 bridgehead atoms. The Morgan fingerprint density at radius 1 is 1.07 bits per heavy atom. The highest BCUT2D eigenvalue weighted by molar-refractivity contribution is 7.80. The fourth-order valence-corrected chi connectivity index (χ4v) is 1.82. The van der Waals surface area contributed by atoms with Gasteiger partial charge in [-0.1, -0.05) is 39.5 Å². The maximum absolute atomic E-state index is 4.16. The van der Waals surface area contributed by atoms with Crippen molar-refractivity contribution in [3.8, 4) is 0 Å². The topological polar surface area (TPSA) is 12.0 Å². The highest BCUT2D eigenvalue weighted by atomic mass is 32.1. The third-order valence-corrected chi connectivity index (χ3v) is 2.86. The molecule has 0 aromatic heterocycles. The average Bonchev–Trinajstić information content (AvgIpc) is 2.18. The zero-order chi connectivity index (χ0) is 10.6. The van der Waals surface area contributed by atoms with Gasteiger partial charge in [0, 0.05) is 12.3 Å². The first-order valence-electron chi connectivity index (χ1n) is 6.12. The van der Waals surface area contributed by atoms with E-state index in [-0.39, 0.29) is 0 Å². The molecule has 1 unspecified atom stereocenters. The monoisotopic (exact) mass is 217 g/mol. The molecule has 0 aromatic rings. The lowest BCUT2D eigenvalue weighted by atomic mass is 9.98. The Hall–Kier alpha value is 0.310. The third-order valence-electron chi connectivity index (χ3n) is 2.64. The molecule has 14 heavy (non-hydrogen) atoms. The van der Waals surface area contributed by atoms with Gasteiger partial charge in [-0.3, -0.25) is 0 Å². The van der Waals surface area contributed by atoms with Gasteiger partial charge in [0.1, 0.15) is 0 Å². The summed E-state index contributed by atoms with van der Waals surface area (Å²) in [5.41, 5.74) is 0. The zero-order valence-electron chi connectivity index (χ0n) is 9.89. The van der Waals surface area contributed by atoms with Gasteiger partial charge in [0.25, 0.3) is 0 Å². The quantitative estimate of drug-likeness (QED) is 0.421. The largest absolute Gasteiger partial charge is 0.316 e. The van der Waals surface area contributed by atoms with Crippen molar-refractivity contribution >= 4 is 12.6 Å². The van der Waals surface area contributed by atoms with Crippen LogP contribution in [0.2, 0.25) is 0 Å². The molecule has 0 aliphatic carbocycles. The summed E-state index contributed by atoms with van der Waals surface area (Å²) in [6.45, 7) is 6.87. The molecule has 0 radical (unpaired) electrons. The van der Waals surface area contributed by atoms with Gasteiger partial charge in [0.2, 0.25) is 0 Å². The fourth-order valence-electron chi connectivity index (χ4n) is 1.67. The summed E-state index contributed by atoms with van der Waals surface area (Å²) in [5, 5.41) is 3.38. The summed E-state index contributed by atoms with van der Waals surface area (Å²) in [4.78, 5) is 0. The molecule has 0 rings (SSSR count). The van der Waals surface area contributed by atoms with E-state index in [0.29, 0.717) is 0 Å². The number of thiol groups is 1. The Morgan fingerprint density at radius 3 is 2.43 bits per heavy atom. The minimum absolute atomic E-state index is 0.916. The molecule has 1 nitrogen and oxygen atoms in total. The van der Waals surface area contributed by atoms with Crippen LogP contribution in [0.25, 0.3) is 0 Å².